The monoisotopic (exact) mass is 423 g/mol. The third-order valence-corrected chi connectivity index (χ3v) is 4.69. The first-order chi connectivity index (χ1) is 12.7. The number of anilines is 1. The van der Waals surface area contributed by atoms with Gasteiger partial charge in [0.2, 0.25) is 5.91 Å². The zero-order valence-electron chi connectivity index (χ0n) is 15.5. The molecule has 1 saturated heterocycles. The summed E-state index contributed by atoms with van der Waals surface area (Å²) >= 11 is 0. The van der Waals surface area contributed by atoms with E-state index < -0.39 is 23.6 Å². The lowest BCUT2D eigenvalue weighted by molar-refractivity contribution is -0.139. The number of nitrogens with one attached hydrogen (secondary N) is 1. The Balaban J connectivity index is 0.00000392. The number of alkyl halides is 3. The normalized spacial score (nSPS) is 15.9. The van der Waals surface area contributed by atoms with Gasteiger partial charge in [0, 0.05) is 19.1 Å². The molecule has 1 fully saturated rings. The van der Waals surface area contributed by atoms with E-state index in [1.807, 2.05) is 16.7 Å². The second kappa shape index (κ2) is 10.6. The molecule has 10 heteroatoms. The highest BCUT2D eigenvalue weighted by molar-refractivity contribution is 5.93. The van der Waals surface area contributed by atoms with Gasteiger partial charge in [-0.25, -0.2) is 0 Å². The predicted molar refractivity (Wildman–Crippen MR) is 102 cm³/mol. The van der Waals surface area contributed by atoms with Crippen LogP contribution >= 0.6 is 12.4 Å². The number of carboxylic acids is 1. The van der Waals surface area contributed by atoms with Crippen molar-refractivity contribution in [1.29, 1.82) is 0 Å². The van der Waals surface area contributed by atoms with E-state index in [-0.39, 0.29) is 37.2 Å². The molecule has 0 saturated carbocycles. The quantitative estimate of drug-likeness (QED) is 0.705. The Morgan fingerprint density at radius 2 is 1.86 bits per heavy atom. The molecule has 1 amide bonds. The van der Waals surface area contributed by atoms with Crippen molar-refractivity contribution in [3.05, 3.63) is 29.8 Å². The van der Waals surface area contributed by atoms with Crippen molar-refractivity contribution >= 4 is 30.0 Å². The molecule has 2 N–H and O–H groups in total. The van der Waals surface area contributed by atoms with E-state index in [1.165, 1.54) is 18.2 Å². The van der Waals surface area contributed by atoms with E-state index in [1.54, 1.807) is 0 Å². The zero-order valence-corrected chi connectivity index (χ0v) is 16.4. The van der Waals surface area contributed by atoms with Crippen LogP contribution in [0.25, 0.3) is 0 Å². The third kappa shape index (κ3) is 6.96. The van der Waals surface area contributed by atoms with Gasteiger partial charge in [0.05, 0.1) is 24.3 Å². The molecule has 2 rings (SSSR count). The van der Waals surface area contributed by atoms with E-state index in [0.717, 1.165) is 6.07 Å². The number of hydrogen-bond acceptors (Lipinski definition) is 4. The molecule has 1 aliphatic heterocycles. The van der Waals surface area contributed by atoms with E-state index in [0.29, 0.717) is 32.5 Å². The maximum Gasteiger partial charge on any atom is 0.418 e. The van der Waals surface area contributed by atoms with Crippen molar-refractivity contribution in [2.45, 2.75) is 32.0 Å². The van der Waals surface area contributed by atoms with Gasteiger partial charge in [0.1, 0.15) is 0 Å². The maximum atomic E-state index is 13.0. The van der Waals surface area contributed by atoms with Gasteiger partial charge in [-0.05, 0) is 31.5 Å². The summed E-state index contributed by atoms with van der Waals surface area (Å²) in [6, 6.07) is 5.02. The van der Waals surface area contributed by atoms with Crippen molar-refractivity contribution in [2.24, 2.45) is 0 Å². The molecule has 1 aliphatic rings. The average molecular weight is 424 g/mol. The largest absolute Gasteiger partial charge is 0.480 e. The molecule has 0 atom stereocenters. The van der Waals surface area contributed by atoms with Crippen LogP contribution < -0.4 is 5.32 Å². The number of carbonyl (C=O) groups is 2. The second-order valence-electron chi connectivity index (χ2n) is 6.56. The lowest BCUT2D eigenvalue weighted by Gasteiger charge is -2.37. The fraction of sp³-hybridized carbons (Fsp3) is 0.556. The molecule has 1 aromatic carbocycles. The molecule has 158 valence electrons. The molecule has 1 aromatic rings. The second-order valence-corrected chi connectivity index (χ2v) is 6.56. The Labute approximate surface area is 168 Å². The van der Waals surface area contributed by atoms with Gasteiger partial charge >= 0.3 is 12.1 Å². The number of likely N-dealkylation sites (tertiary alicyclic amines) is 1. The summed E-state index contributed by atoms with van der Waals surface area (Å²) in [5, 5.41) is 11.3. The number of aliphatic carboxylic acids is 1. The van der Waals surface area contributed by atoms with Crippen LogP contribution in [0.4, 0.5) is 18.9 Å². The molecule has 0 bridgehead atoms. The summed E-state index contributed by atoms with van der Waals surface area (Å²) in [6.45, 7) is 3.70. The van der Waals surface area contributed by atoms with Crippen LogP contribution in [-0.2, 0) is 15.8 Å². The SMILES string of the molecule is CCN(CC(=O)O)C1CCN(CC(=O)Nc2ccccc2C(F)(F)F)CC1.Cl. The number of likely N-dealkylation sites (N-methyl/N-ethyl adjacent to an activating group) is 1. The van der Waals surface area contributed by atoms with Crippen LogP contribution in [0, 0.1) is 0 Å². The highest BCUT2D eigenvalue weighted by Gasteiger charge is 2.33. The molecule has 0 aromatic heterocycles. The minimum Gasteiger partial charge on any atom is -0.480 e. The number of carbonyl (C=O) groups excluding carboxylic acids is 1. The van der Waals surface area contributed by atoms with Crippen LogP contribution in [0.3, 0.4) is 0 Å². The number of benzene rings is 1. The molecule has 0 radical (unpaired) electrons. The zero-order chi connectivity index (χ0) is 20.0. The van der Waals surface area contributed by atoms with Crippen molar-refractivity contribution in [3.8, 4) is 0 Å². The lowest BCUT2D eigenvalue weighted by atomic mass is 10.0. The Morgan fingerprint density at radius 1 is 1.25 bits per heavy atom. The molecule has 1 heterocycles. The van der Waals surface area contributed by atoms with Crippen molar-refractivity contribution in [3.63, 3.8) is 0 Å². The van der Waals surface area contributed by atoms with Crippen LogP contribution in [0.1, 0.15) is 25.3 Å². The molecule has 0 aliphatic carbocycles. The number of hydrogen-bond donors (Lipinski definition) is 2. The number of para-hydroxylation sites is 1. The van der Waals surface area contributed by atoms with Crippen molar-refractivity contribution in [2.75, 3.05) is 38.0 Å². The number of carboxylic acid groups (broad SMARTS) is 1. The van der Waals surface area contributed by atoms with Crippen LogP contribution in [0.15, 0.2) is 24.3 Å². The Bertz CT molecular complexity index is 665. The summed E-state index contributed by atoms with van der Waals surface area (Å²) in [6.07, 6.45) is -3.10. The third-order valence-electron chi connectivity index (χ3n) is 4.69. The van der Waals surface area contributed by atoms with Gasteiger partial charge in [0.15, 0.2) is 0 Å². The first-order valence-electron chi connectivity index (χ1n) is 8.85. The molecule has 0 unspecified atom stereocenters. The number of nitrogens with zero attached hydrogens (tertiary/aromatic N) is 2. The fourth-order valence-corrected chi connectivity index (χ4v) is 3.35. The highest BCUT2D eigenvalue weighted by atomic mass is 35.5. The first-order valence-corrected chi connectivity index (χ1v) is 8.85. The molecular weight excluding hydrogens is 399 g/mol. The van der Waals surface area contributed by atoms with Gasteiger partial charge in [0.25, 0.3) is 0 Å². The van der Waals surface area contributed by atoms with E-state index >= 15 is 0 Å². The Morgan fingerprint density at radius 3 is 2.39 bits per heavy atom. The molecular formula is C18H25ClF3N3O3. The van der Waals surface area contributed by atoms with Gasteiger partial charge in [-0.3, -0.25) is 19.4 Å². The van der Waals surface area contributed by atoms with Crippen LogP contribution in [0.5, 0.6) is 0 Å². The number of amides is 1. The molecule has 6 nitrogen and oxygen atoms in total. The standard InChI is InChI=1S/C18H24F3N3O3.ClH/c1-2-24(12-17(26)27)13-7-9-23(10-8-13)11-16(25)22-15-6-4-3-5-14(15)18(19,20)21;/h3-6,13H,2,7-12H2,1H3,(H,22,25)(H,26,27);1H. The summed E-state index contributed by atoms with van der Waals surface area (Å²) in [5.74, 6) is -1.37. The Kier molecular flexibility index (Phi) is 9.19. The van der Waals surface area contributed by atoms with E-state index in [2.05, 4.69) is 5.32 Å². The van der Waals surface area contributed by atoms with E-state index in [4.69, 9.17) is 5.11 Å². The summed E-state index contributed by atoms with van der Waals surface area (Å²) in [5.41, 5.74) is -1.12. The highest BCUT2D eigenvalue weighted by Crippen LogP contribution is 2.34. The lowest BCUT2D eigenvalue weighted by Crippen LogP contribution is -2.48. The number of rotatable bonds is 7. The van der Waals surface area contributed by atoms with Crippen molar-refractivity contribution in [1.82, 2.24) is 9.80 Å². The van der Waals surface area contributed by atoms with Gasteiger partial charge in [-0.15, -0.1) is 12.4 Å². The minimum atomic E-state index is -4.53. The fourth-order valence-electron chi connectivity index (χ4n) is 3.35. The molecule has 0 spiro atoms. The smallest absolute Gasteiger partial charge is 0.418 e. The van der Waals surface area contributed by atoms with Gasteiger partial charge in [-0.2, -0.15) is 13.2 Å². The average Bonchev–Trinajstić information content (AvgIpc) is 2.59. The number of piperidine rings is 1. The van der Waals surface area contributed by atoms with Gasteiger partial charge < -0.3 is 10.4 Å². The predicted octanol–water partition coefficient (Wildman–Crippen LogP) is 2.94. The molecule has 28 heavy (non-hydrogen) atoms. The van der Waals surface area contributed by atoms with Crippen LogP contribution in [0.2, 0.25) is 0 Å². The summed E-state index contributed by atoms with van der Waals surface area (Å²) in [4.78, 5) is 26.8. The van der Waals surface area contributed by atoms with Crippen LogP contribution in [-0.4, -0.2) is 65.5 Å². The number of halogens is 4. The van der Waals surface area contributed by atoms with E-state index in [9.17, 15) is 22.8 Å². The minimum absolute atomic E-state index is 0. The first kappa shape index (κ1) is 24.2. The topological polar surface area (TPSA) is 72.9 Å². The maximum absolute atomic E-state index is 13.0. The van der Waals surface area contributed by atoms with Crippen molar-refractivity contribution < 1.29 is 27.9 Å². The summed E-state index contributed by atoms with van der Waals surface area (Å²) < 4.78 is 39.0. The Hall–Kier alpha value is -1.84. The van der Waals surface area contributed by atoms with Gasteiger partial charge in [-0.1, -0.05) is 19.1 Å². The summed E-state index contributed by atoms with van der Waals surface area (Å²) in [7, 11) is 0.